The molecule has 5 nitrogen and oxygen atoms in total. The van der Waals surface area contributed by atoms with Crippen LogP contribution in [0.2, 0.25) is 0 Å². The van der Waals surface area contributed by atoms with Crippen molar-refractivity contribution in [2.24, 2.45) is 0 Å². The normalized spacial score (nSPS) is 10.8. The summed E-state index contributed by atoms with van der Waals surface area (Å²) in [6, 6.07) is 20.8. The topological polar surface area (TPSA) is 46.8 Å². The second-order valence-electron chi connectivity index (χ2n) is 6.25. The molecule has 28 heavy (non-hydrogen) atoms. The summed E-state index contributed by atoms with van der Waals surface area (Å²) in [5, 5.41) is 0. The number of fused-ring (bicyclic) bond motifs is 1. The molecule has 2 heterocycles. The van der Waals surface area contributed by atoms with Gasteiger partial charge in [0.15, 0.2) is 0 Å². The second kappa shape index (κ2) is 7.86. The zero-order valence-electron chi connectivity index (χ0n) is 15.2. The number of rotatable bonds is 5. The number of carbonyl (C=O) groups is 1. The minimum Gasteiger partial charge on any atom is -0.497 e. The molecule has 0 aliphatic heterocycles. The Morgan fingerprint density at radius 3 is 2.68 bits per heavy atom. The maximum absolute atomic E-state index is 13.5. The van der Waals surface area contributed by atoms with Gasteiger partial charge in [0.05, 0.1) is 31.1 Å². The number of ether oxygens (including phenoxy) is 1. The molecule has 0 aliphatic carbocycles. The third kappa shape index (κ3) is 3.51. The summed E-state index contributed by atoms with van der Waals surface area (Å²) in [4.78, 5) is 19.7. The third-order valence-electron chi connectivity index (χ3n) is 4.53. The van der Waals surface area contributed by atoms with E-state index in [2.05, 4.69) is 20.9 Å². The molecule has 6 heteroatoms. The highest BCUT2D eigenvalue weighted by Gasteiger charge is 2.22. The predicted molar refractivity (Wildman–Crippen MR) is 113 cm³/mol. The lowest BCUT2D eigenvalue weighted by molar-refractivity contribution is 0.0983. The van der Waals surface area contributed by atoms with Crippen LogP contribution in [0.3, 0.4) is 0 Å². The van der Waals surface area contributed by atoms with Crippen molar-refractivity contribution in [1.82, 2.24) is 9.38 Å². The number of benzene rings is 2. The van der Waals surface area contributed by atoms with Gasteiger partial charge in [-0.05, 0) is 58.4 Å². The Morgan fingerprint density at radius 1 is 1.11 bits per heavy atom. The van der Waals surface area contributed by atoms with Crippen molar-refractivity contribution in [3.63, 3.8) is 0 Å². The van der Waals surface area contributed by atoms with Gasteiger partial charge in [-0.1, -0.05) is 24.3 Å². The van der Waals surface area contributed by atoms with E-state index >= 15 is 0 Å². The van der Waals surface area contributed by atoms with Gasteiger partial charge in [-0.15, -0.1) is 0 Å². The van der Waals surface area contributed by atoms with Gasteiger partial charge in [0, 0.05) is 16.4 Å². The van der Waals surface area contributed by atoms with Gasteiger partial charge in [-0.3, -0.25) is 4.79 Å². The molecule has 0 fully saturated rings. The van der Waals surface area contributed by atoms with Crippen molar-refractivity contribution < 1.29 is 9.53 Å². The summed E-state index contributed by atoms with van der Waals surface area (Å²) in [5.41, 5.74) is 3.12. The van der Waals surface area contributed by atoms with Crippen molar-refractivity contribution in [1.29, 1.82) is 0 Å². The average molecular weight is 436 g/mol. The monoisotopic (exact) mass is 435 g/mol. The quantitative estimate of drug-likeness (QED) is 0.445. The number of halogens is 1. The molecule has 140 valence electrons. The van der Waals surface area contributed by atoms with Gasteiger partial charge < -0.3 is 14.0 Å². The highest BCUT2D eigenvalue weighted by Crippen LogP contribution is 2.27. The van der Waals surface area contributed by atoms with Crippen molar-refractivity contribution in [2.45, 2.75) is 6.54 Å². The molecule has 1 amide bonds. The lowest BCUT2D eigenvalue weighted by atomic mass is 10.1. The Morgan fingerprint density at radius 2 is 1.89 bits per heavy atom. The molecule has 0 saturated heterocycles. The molecule has 0 unspecified atom stereocenters. The van der Waals surface area contributed by atoms with Crippen LogP contribution in [0.5, 0.6) is 5.75 Å². The van der Waals surface area contributed by atoms with Crippen LogP contribution in [0, 0.1) is 0 Å². The lowest BCUT2D eigenvalue weighted by Gasteiger charge is -2.23. The van der Waals surface area contributed by atoms with Crippen LogP contribution in [-0.4, -0.2) is 22.4 Å². The first kappa shape index (κ1) is 18.3. The van der Waals surface area contributed by atoms with E-state index in [1.54, 1.807) is 24.3 Å². The van der Waals surface area contributed by atoms with Crippen molar-refractivity contribution in [3.8, 4) is 5.75 Å². The molecule has 4 aromatic rings. The van der Waals surface area contributed by atoms with E-state index in [1.807, 2.05) is 71.3 Å². The van der Waals surface area contributed by atoms with E-state index in [1.165, 1.54) is 0 Å². The number of aromatic nitrogens is 2. The Labute approximate surface area is 171 Å². The maximum Gasteiger partial charge on any atom is 0.259 e. The first-order valence-corrected chi connectivity index (χ1v) is 9.58. The molecular weight excluding hydrogens is 418 g/mol. The number of hydrogen-bond acceptors (Lipinski definition) is 3. The first-order chi connectivity index (χ1) is 13.7. The fraction of sp³-hybridized carbons (Fsp3) is 0.0909. The summed E-state index contributed by atoms with van der Waals surface area (Å²) in [6.45, 7) is 0.387. The molecule has 0 aliphatic rings. The SMILES string of the molecule is COc1ccc(Br)c(C(=O)N(Cc2cnc3ccccn23)c2ccccc2)c1. The number of methoxy groups -OCH3 is 1. The van der Waals surface area contributed by atoms with Gasteiger partial charge in [-0.2, -0.15) is 0 Å². The minimum absolute atomic E-state index is 0.122. The molecule has 0 N–H and O–H groups in total. The number of para-hydroxylation sites is 1. The number of carbonyl (C=O) groups excluding carboxylic acids is 1. The van der Waals surface area contributed by atoms with Gasteiger partial charge in [0.1, 0.15) is 11.4 Å². The highest BCUT2D eigenvalue weighted by molar-refractivity contribution is 9.10. The number of pyridine rings is 1. The Balaban J connectivity index is 1.77. The van der Waals surface area contributed by atoms with E-state index in [-0.39, 0.29) is 5.91 Å². The van der Waals surface area contributed by atoms with Crippen LogP contribution in [-0.2, 0) is 6.54 Å². The van der Waals surface area contributed by atoms with E-state index in [4.69, 9.17) is 4.74 Å². The number of imidazole rings is 1. The van der Waals surface area contributed by atoms with E-state index < -0.39 is 0 Å². The summed E-state index contributed by atoms with van der Waals surface area (Å²) in [5.74, 6) is 0.511. The molecule has 0 spiro atoms. The zero-order chi connectivity index (χ0) is 19.5. The number of hydrogen-bond donors (Lipinski definition) is 0. The van der Waals surface area contributed by atoms with Crippen molar-refractivity contribution in [2.75, 3.05) is 12.0 Å². The average Bonchev–Trinajstić information content (AvgIpc) is 3.15. The predicted octanol–water partition coefficient (Wildman–Crippen LogP) is 4.95. The van der Waals surface area contributed by atoms with Gasteiger partial charge in [-0.25, -0.2) is 4.98 Å². The molecule has 0 bridgehead atoms. The smallest absolute Gasteiger partial charge is 0.259 e. The van der Waals surface area contributed by atoms with Crippen molar-refractivity contribution in [3.05, 3.63) is 94.9 Å². The second-order valence-corrected chi connectivity index (χ2v) is 7.11. The van der Waals surface area contributed by atoms with Crippen LogP contribution >= 0.6 is 15.9 Å². The van der Waals surface area contributed by atoms with Crippen LogP contribution in [0.1, 0.15) is 16.1 Å². The molecule has 0 radical (unpaired) electrons. The molecule has 2 aromatic heterocycles. The Hall–Kier alpha value is -3.12. The first-order valence-electron chi connectivity index (χ1n) is 8.79. The van der Waals surface area contributed by atoms with Crippen LogP contribution < -0.4 is 9.64 Å². The minimum atomic E-state index is -0.122. The van der Waals surface area contributed by atoms with E-state index in [0.29, 0.717) is 17.9 Å². The standard InChI is InChI=1S/C22H18BrN3O2/c1-28-18-10-11-20(23)19(13-18)22(27)26(16-7-3-2-4-8-16)15-17-14-24-21-9-5-6-12-25(17)21/h2-14H,15H2,1H3. The van der Waals surface area contributed by atoms with Crippen LogP contribution in [0.4, 0.5) is 5.69 Å². The fourth-order valence-corrected chi connectivity index (χ4v) is 3.51. The van der Waals surface area contributed by atoms with E-state index in [9.17, 15) is 4.79 Å². The molecular formula is C22H18BrN3O2. The number of anilines is 1. The zero-order valence-corrected chi connectivity index (χ0v) is 16.8. The lowest BCUT2D eigenvalue weighted by Crippen LogP contribution is -2.31. The summed E-state index contributed by atoms with van der Waals surface area (Å²) in [6.07, 6.45) is 3.76. The molecule has 0 saturated carbocycles. The van der Waals surface area contributed by atoms with Gasteiger partial charge in [0.2, 0.25) is 0 Å². The largest absolute Gasteiger partial charge is 0.497 e. The molecule has 4 rings (SSSR count). The van der Waals surface area contributed by atoms with Gasteiger partial charge >= 0.3 is 0 Å². The summed E-state index contributed by atoms with van der Waals surface area (Å²) >= 11 is 3.50. The maximum atomic E-state index is 13.5. The Bertz CT molecular complexity index is 1130. The summed E-state index contributed by atoms with van der Waals surface area (Å²) < 4.78 is 8.01. The van der Waals surface area contributed by atoms with E-state index in [0.717, 1.165) is 21.5 Å². The van der Waals surface area contributed by atoms with Gasteiger partial charge in [0.25, 0.3) is 5.91 Å². The summed E-state index contributed by atoms with van der Waals surface area (Å²) in [7, 11) is 1.59. The third-order valence-corrected chi connectivity index (χ3v) is 5.22. The molecule has 0 atom stereocenters. The number of nitrogens with zero attached hydrogens (tertiary/aromatic N) is 3. The van der Waals surface area contributed by atoms with Crippen molar-refractivity contribution >= 4 is 33.2 Å². The van der Waals surface area contributed by atoms with Crippen LogP contribution in [0.25, 0.3) is 5.65 Å². The van der Waals surface area contributed by atoms with Crippen LogP contribution in [0.15, 0.2) is 83.6 Å². The fourth-order valence-electron chi connectivity index (χ4n) is 3.09. The molecule has 2 aromatic carbocycles. The number of amides is 1. The highest BCUT2D eigenvalue weighted by atomic mass is 79.9. The Kier molecular flexibility index (Phi) is 5.12.